The fraction of sp³-hybridized carbons (Fsp3) is 0.200. The zero-order valence-corrected chi connectivity index (χ0v) is 16.7. The van der Waals surface area contributed by atoms with Gasteiger partial charge in [0, 0.05) is 18.7 Å². The van der Waals surface area contributed by atoms with Gasteiger partial charge in [-0.3, -0.25) is 9.59 Å². The van der Waals surface area contributed by atoms with E-state index in [1.54, 1.807) is 23.1 Å². The molecule has 3 aromatic carbocycles. The number of hydrogen-bond donors (Lipinski definition) is 1. The average Bonchev–Trinajstić information content (AvgIpc) is 3.05. The van der Waals surface area contributed by atoms with E-state index < -0.39 is 6.04 Å². The summed E-state index contributed by atoms with van der Waals surface area (Å²) in [5, 5.41) is 2.97. The van der Waals surface area contributed by atoms with Gasteiger partial charge in [-0.1, -0.05) is 67.6 Å². The summed E-state index contributed by atoms with van der Waals surface area (Å²) in [5.41, 5.74) is 3.20. The van der Waals surface area contributed by atoms with E-state index in [1.165, 1.54) is 12.1 Å². The monoisotopic (exact) mass is 402 g/mol. The van der Waals surface area contributed by atoms with Gasteiger partial charge in [0.2, 0.25) is 5.91 Å². The zero-order valence-electron chi connectivity index (χ0n) is 16.7. The van der Waals surface area contributed by atoms with E-state index in [1.807, 2.05) is 55.5 Å². The number of hydrogen-bond acceptors (Lipinski definition) is 2. The SMILES string of the molecule is CC(CN1C(=O)c2ccccc2C1C(=O)NCc1ccccc1)c1ccc(F)cc1. The van der Waals surface area contributed by atoms with Crippen molar-refractivity contribution >= 4 is 11.8 Å². The third kappa shape index (κ3) is 3.96. The van der Waals surface area contributed by atoms with Crippen LogP contribution >= 0.6 is 0 Å². The molecule has 1 aliphatic rings. The Morgan fingerprint density at radius 3 is 2.40 bits per heavy atom. The molecule has 4 nitrogen and oxygen atoms in total. The largest absolute Gasteiger partial charge is 0.350 e. The molecular formula is C25H23FN2O2. The Labute approximate surface area is 175 Å². The van der Waals surface area contributed by atoms with E-state index in [-0.39, 0.29) is 23.5 Å². The number of amides is 2. The number of benzene rings is 3. The standard InChI is InChI=1S/C25H23FN2O2/c1-17(19-11-13-20(26)14-12-19)16-28-23(21-9-5-6-10-22(21)25(28)30)24(29)27-15-18-7-3-2-4-8-18/h2-14,17,23H,15-16H2,1H3,(H,27,29). The van der Waals surface area contributed by atoms with Crippen molar-refractivity contribution in [1.82, 2.24) is 10.2 Å². The third-order valence-corrected chi connectivity index (χ3v) is 5.53. The van der Waals surface area contributed by atoms with Crippen LogP contribution in [0, 0.1) is 5.82 Å². The van der Waals surface area contributed by atoms with Crippen molar-refractivity contribution in [2.45, 2.75) is 25.4 Å². The normalized spacial score (nSPS) is 16.3. The van der Waals surface area contributed by atoms with Crippen molar-refractivity contribution in [3.05, 3.63) is 107 Å². The van der Waals surface area contributed by atoms with Crippen LogP contribution in [0.15, 0.2) is 78.9 Å². The number of nitrogens with one attached hydrogen (secondary N) is 1. The number of halogens is 1. The van der Waals surface area contributed by atoms with Crippen LogP contribution in [0.3, 0.4) is 0 Å². The Morgan fingerprint density at radius 2 is 1.67 bits per heavy atom. The second-order valence-corrected chi connectivity index (χ2v) is 7.60. The highest BCUT2D eigenvalue weighted by Gasteiger charge is 2.41. The maximum atomic E-state index is 13.3. The van der Waals surface area contributed by atoms with Crippen LogP contribution in [0.2, 0.25) is 0 Å². The summed E-state index contributed by atoms with van der Waals surface area (Å²) in [6, 6.07) is 22.5. The summed E-state index contributed by atoms with van der Waals surface area (Å²) in [6.45, 7) is 2.74. The van der Waals surface area contributed by atoms with Gasteiger partial charge in [0.25, 0.3) is 5.91 Å². The lowest BCUT2D eigenvalue weighted by molar-refractivity contribution is -0.125. The van der Waals surface area contributed by atoms with Gasteiger partial charge in [-0.2, -0.15) is 0 Å². The second-order valence-electron chi connectivity index (χ2n) is 7.60. The molecule has 0 aromatic heterocycles. The molecule has 1 heterocycles. The van der Waals surface area contributed by atoms with E-state index in [4.69, 9.17) is 0 Å². The fourth-order valence-electron chi connectivity index (χ4n) is 3.91. The number of nitrogens with zero attached hydrogens (tertiary/aromatic N) is 1. The van der Waals surface area contributed by atoms with Gasteiger partial charge >= 0.3 is 0 Å². The Hall–Kier alpha value is -3.47. The predicted molar refractivity (Wildman–Crippen MR) is 113 cm³/mol. The van der Waals surface area contributed by atoms with Gasteiger partial charge in [0.05, 0.1) is 0 Å². The highest BCUT2D eigenvalue weighted by molar-refractivity contribution is 6.04. The molecule has 1 aliphatic heterocycles. The first kappa shape index (κ1) is 19.8. The van der Waals surface area contributed by atoms with Crippen molar-refractivity contribution in [2.24, 2.45) is 0 Å². The van der Waals surface area contributed by atoms with Crippen LogP contribution in [0.5, 0.6) is 0 Å². The molecule has 0 fully saturated rings. The fourth-order valence-corrected chi connectivity index (χ4v) is 3.91. The molecule has 0 bridgehead atoms. The molecule has 2 unspecified atom stereocenters. The number of rotatable bonds is 6. The Balaban J connectivity index is 1.57. The molecule has 2 amide bonds. The van der Waals surface area contributed by atoms with Gasteiger partial charge < -0.3 is 10.2 Å². The molecule has 5 heteroatoms. The average molecular weight is 402 g/mol. The number of fused-ring (bicyclic) bond motifs is 1. The maximum absolute atomic E-state index is 13.3. The smallest absolute Gasteiger partial charge is 0.255 e. The van der Waals surface area contributed by atoms with Crippen LogP contribution in [0.1, 0.15) is 45.9 Å². The molecule has 0 radical (unpaired) electrons. The topological polar surface area (TPSA) is 49.4 Å². The lowest BCUT2D eigenvalue weighted by Crippen LogP contribution is -2.40. The minimum Gasteiger partial charge on any atom is -0.350 e. The van der Waals surface area contributed by atoms with Gasteiger partial charge in [-0.15, -0.1) is 0 Å². The summed E-state index contributed by atoms with van der Waals surface area (Å²) in [4.78, 5) is 27.9. The number of carbonyl (C=O) groups excluding carboxylic acids is 2. The summed E-state index contributed by atoms with van der Waals surface area (Å²) in [5.74, 6) is -0.704. The Kier molecular flexibility index (Phi) is 5.61. The molecule has 3 aromatic rings. The van der Waals surface area contributed by atoms with Crippen LogP contribution < -0.4 is 5.32 Å². The molecule has 30 heavy (non-hydrogen) atoms. The van der Waals surface area contributed by atoms with Crippen LogP contribution in [0.25, 0.3) is 0 Å². The van der Waals surface area contributed by atoms with Gasteiger partial charge in [0.1, 0.15) is 11.9 Å². The molecular weight excluding hydrogens is 379 g/mol. The van der Waals surface area contributed by atoms with Crippen molar-refractivity contribution in [3.63, 3.8) is 0 Å². The van der Waals surface area contributed by atoms with E-state index in [0.29, 0.717) is 18.7 Å². The first-order chi connectivity index (χ1) is 14.5. The molecule has 152 valence electrons. The summed E-state index contributed by atoms with van der Waals surface area (Å²) >= 11 is 0. The summed E-state index contributed by atoms with van der Waals surface area (Å²) in [7, 11) is 0. The minimum atomic E-state index is -0.680. The maximum Gasteiger partial charge on any atom is 0.255 e. The van der Waals surface area contributed by atoms with Crippen molar-refractivity contribution in [3.8, 4) is 0 Å². The highest BCUT2D eigenvalue weighted by atomic mass is 19.1. The zero-order chi connectivity index (χ0) is 21.1. The van der Waals surface area contributed by atoms with E-state index in [2.05, 4.69) is 5.32 Å². The molecule has 0 spiro atoms. The summed E-state index contributed by atoms with van der Waals surface area (Å²) < 4.78 is 13.3. The molecule has 1 N–H and O–H groups in total. The first-order valence-corrected chi connectivity index (χ1v) is 10.0. The van der Waals surface area contributed by atoms with Crippen LogP contribution in [-0.2, 0) is 11.3 Å². The lowest BCUT2D eigenvalue weighted by Gasteiger charge is -2.27. The Bertz CT molecular complexity index is 1050. The predicted octanol–water partition coefficient (Wildman–Crippen LogP) is 4.44. The summed E-state index contributed by atoms with van der Waals surface area (Å²) in [6.07, 6.45) is 0. The first-order valence-electron chi connectivity index (χ1n) is 10.0. The van der Waals surface area contributed by atoms with Gasteiger partial charge in [-0.25, -0.2) is 4.39 Å². The van der Waals surface area contributed by atoms with E-state index in [0.717, 1.165) is 16.7 Å². The van der Waals surface area contributed by atoms with Crippen LogP contribution in [-0.4, -0.2) is 23.3 Å². The van der Waals surface area contributed by atoms with Crippen molar-refractivity contribution in [1.29, 1.82) is 0 Å². The quantitative estimate of drug-likeness (QED) is 0.663. The molecule has 0 saturated carbocycles. The molecule has 2 atom stereocenters. The molecule has 4 rings (SSSR count). The Morgan fingerprint density at radius 1 is 1.00 bits per heavy atom. The second kappa shape index (κ2) is 8.49. The minimum absolute atomic E-state index is 0.0479. The highest BCUT2D eigenvalue weighted by Crippen LogP contribution is 2.35. The van der Waals surface area contributed by atoms with E-state index in [9.17, 15) is 14.0 Å². The van der Waals surface area contributed by atoms with Gasteiger partial charge in [0.15, 0.2) is 0 Å². The molecule has 0 saturated heterocycles. The number of carbonyl (C=O) groups is 2. The van der Waals surface area contributed by atoms with E-state index >= 15 is 0 Å². The van der Waals surface area contributed by atoms with Crippen molar-refractivity contribution in [2.75, 3.05) is 6.54 Å². The van der Waals surface area contributed by atoms with Crippen molar-refractivity contribution < 1.29 is 14.0 Å². The van der Waals surface area contributed by atoms with Crippen LogP contribution in [0.4, 0.5) is 4.39 Å². The van der Waals surface area contributed by atoms with Gasteiger partial charge in [-0.05, 0) is 40.8 Å². The molecule has 0 aliphatic carbocycles. The third-order valence-electron chi connectivity index (χ3n) is 5.53. The lowest BCUT2D eigenvalue weighted by atomic mass is 9.99.